The van der Waals surface area contributed by atoms with Gasteiger partial charge >= 0.3 is 0 Å². The molecule has 2 aromatic carbocycles. The van der Waals surface area contributed by atoms with E-state index in [4.69, 9.17) is 11.6 Å². The average molecular weight is 436 g/mol. The van der Waals surface area contributed by atoms with Crippen LogP contribution >= 0.6 is 34.2 Å². The number of halogens is 2. The molecule has 0 spiro atoms. The third-order valence-electron chi connectivity index (χ3n) is 2.70. The zero-order chi connectivity index (χ0) is 15.6. The number of carbonyl (C=O) groups excluding carboxylic acids is 1. The van der Waals surface area contributed by atoms with Crippen LogP contribution in [0.1, 0.15) is 10.4 Å². The predicted octanol–water partition coefficient (Wildman–Crippen LogP) is 3.60. The summed E-state index contributed by atoms with van der Waals surface area (Å²) in [4.78, 5) is 12.2. The third kappa shape index (κ3) is 4.18. The fourth-order valence-electron chi connectivity index (χ4n) is 1.68. The number of hydrogen-bond donors (Lipinski definition) is 1. The number of sulfone groups is 1. The highest BCUT2D eigenvalue weighted by Gasteiger charge is 2.14. The summed E-state index contributed by atoms with van der Waals surface area (Å²) >= 11 is 8.14. The third-order valence-corrected chi connectivity index (χ3v) is 4.79. The Morgan fingerprint density at radius 2 is 1.90 bits per heavy atom. The van der Waals surface area contributed by atoms with Gasteiger partial charge in [-0.1, -0.05) is 17.7 Å². The van der Waals surface area contributed by atoms with Crippen LogP contribution in [0, 0.1) is 3.57 Å². The monoisotopic (exact) mass is 435 g/mol. The number of benzene rings is 2. The van der Waals surface area contributed by atoms with Crippen molar-refractivity contribution in [2.45, 2.75) is 4.90 Å². The number of amides is 1. The van der Waals surface area contributed by atoms with Gasteiger partial charge in [-0.3, -0.25) is 4.79 Å². The van der Waals surface area contributed by atoms with Crippen molar-refractivity contribution in [3.05, 3.63) is 56.6 Å². The molecule has 2 rings (SSSR count). The molecule has 1 amide bonds. The predicted molar refractivity (Wildman–Crippen MR) is 91.7 cm³/mol. The zero-order valence-electron chi connectivity index (χ0n) is 10.9. The normalized spacial score (nSPS) is 11.2. The van der Waals surface area contributed by atoms with Crippen LogP contribution in [-0.4, -0.2) is 20.6 Å². The van der Waals surface area contributed by atoms with Gasteiger partial charge in [0.1, 0.15) is 0 Å². The van der Waals surface area contributed by atoms with Gasteiger partial charge < -0.3 is 5.32 Å². The molecule has 0 aliphatic heterocycles. The van der Waals surface area contributed by atoms with E-state index in [2.05, 4.69) is 27.9 Å². The number of carbonyl (C=O) groups is 1. The first-order chi connectivity index (χ1) is 9.77. The lowest BCUT2D eigenvalue weighted by Crippen LogP contribution is -2.13. The molecule has 0 bridgehead atoms. The first-order valence-corrected chi connectivity index (χ1v) is 9.19. The molecule has 0 saturated heterocycles. The van der Waals surface area contributed by atoms with Gasteiger partial charge in [0.15, 0.2) is 9.84 Å². The molecule has 4 nitrogen and oxygen atoms in total. The number of nitrogens with one attached hydrogen (secondary N) is 1. The topological polar surface area (TPSA) is 63.2 Å². The van der Waals surface area contributed by atoms with Gasteiger partial charge in [-0.15, -0.1) is 0 Å². The minimum atomic E-state index is -3.35. The maximum absolute atomic E-state index is 12.2. The van der Waals surface area contributed by atoms with Crippen LogP contribution in [0.25, 0.3) is 0 Å². The fraction of sp³-hybridized carbons (Fsp3) is 0.0714. The summed E-state index contributed by atoms with van der Waals surface area (Å²) in [5.41, 5.74) is 0.873. The molecule has 21 heavy (non-hydrogen) atoms. The van der Waals surface area contributed by atoms with Gasteiger partial charge in [0, 0.05) is 15.5 Å². The summed E-state index contributed by atoms with van der Waals surface area (Å²) in [6, 6.07) is 11.4. The van der Waals surface area contributed by atoms with E-state index >= 15 is 0 Å². The van der Waals surface area contributed by atoms with Gasteiger partial charge in [-0.05, 0) is 59.0 Å². The van der Waals surface area contributed by atoms with Gasteiger partial charge in [0.25, 0.3) is 5.91 Å². The van der Waals surface area contributed by atoms with Crippen LogP contribution in [0.4, 0.5) is 5.69 Å². The van der Waals surface area contributed by atoms with Gasteiger partial charge in [-0.2, -0.15) is 0 Å². The fourth-order valence-corrected chi connectivity index (χ4v) is 3.20. The molecule has 1 N–H and O–H groups in total. The van der Waals surface area contributed by atoms with E-state index in [0.29, 0.717) is 5.69 Å². The second kappa shape index (κ2) is 6.33. The summed E-state index contributed by atoms with van der Waals surface area (Å²) in [5.74, 6) is -0.387. The maximum atomic E-state index is 12.2. The quantitative estimate of drug-likeness (QED) is 0.749. The number of rotatable bonds is 3. The Balaban J connectivity index is 2.28. The molecule has 0 aliphatic carbocycles. The van der Waals surface area contributed by atoms with Crippen molar-refractivity contribution >= 4 is 55.6 Å². The molecule has 2 aromatic rings. The van der Waals surface area contributed by atoms with E-state index in [1.807, 2.05) is 18.2 Å². The smallest absolute Gasteiger partial charge is 0.257 e. The summed E-state index contributed by atoms with van der Waals surface area (Å²) in [6.07, 6.45) is 1.09. The molecule has 0 saturated carbocycles. The van der Waals surface area contributed by atoms with Crippen molar-refractivity contribution < 1.29 is 13.2 Å². The zero-order valence-corrected chi connectivity index (χ0v) is 14.7. The van der Waals surface area contributed by atoms with E-state index in [1.54, 1.807) is 6.07 Å². The van der Waals surface area contributed by atoms with E-state index in [1.165, 1.54) is 18.2 Å². The van der Waals surface area contributed by atoms with Crippen molar-refractivity contribution in [3.63, 3.8) is 0 Å². The average Bonchev–Trinajstić information content (AvgIpc) is 2.37. The Morgan fingerprint density at radius 1 is 1.19 bits per heavy atom. The Labute approximate surface area is 141 Å². The van der Waals surface area contributed by atoms with Crippen LogP contribution in [-0.2, 0) is 9.84 Å². The molecule has 0 radical (unpaired) electrons. The molecule has 0 aromatic heterocycles. The Bertz CT molecular complexity index is 806. The van der Waals surface area contributed by atoms with Crippen LogP contribution in [0.3, 0.4) is 0 Å². The molecular weight excluding hydrogens is 425 g/mol. The molecule has 0 aliphatic rings. The Morgan fingerprint density at radius 3 is 2.48 bits per heavy atom. The molecule has 110 valence electrons. The van der Waals surface area contributed by atoms with E-state index in [-0.39, 0.29) is 21.4 Å². The Hall–Kier alpha value is -1.12. The highest BCUT2D eigenvalue weighted by molar-refractivity contribution is 14.1. The van der Waals surface area contributed by atoms with Gasteiger partial charge in [0.05, 0.1) is 15.5 Å². The lowest BCUT2D eigenvalue weighted by Gasteiger charge is -2.08. The van der Waals surface area contributed by atoms with E-state index < -0.39 is 9.84 Å². The summed E-state index contributed by atoms with van der Waals surface area (Å²) < 4.78 is 23.9. The van der Waals surface area contributed by atoms with Crippen LogP contribution in [0.5, 0.6) is 0 Å². The van der Waals surface area contributed by atoms with Crippen molar-refractivity contribution in [2.24, 2.45) is 0 Å². The number of anilines is 1. The van der Waals surface area contributed by atoms with Crippen molar-refractivity contribution in [1.29, 1.82) is 0 Å². The van der Waals surface area contributed by atoms with Gasteiger partial charge in [-0.25, -0.2) is 8.42 Å². The second-order valence-electron chi connectivity index (χ2n) is 4.38. The summed E-state index contributed by atoms with van der Waals surface area (Å²) in [7, 11) is -3.35. The molecular formula is C14H11ClINO3S. The standard InChI is InChI=1S/C14H11ClINO3S/c1-21(19,20)11-5-6-12(13(15)8-11)14(18)17-10-4-2-3-9(16)7-10/h2-8H,1H3,(H,17,18). The van der Waals surface area contributed by atoms with Gasteiger partial charge in [0.2, 0.25) is 0 Å². The minimum absolute atomic E-state index is 0.0818. The second-order valence-corrected chi connectivity index (χ2v) is 8.05. The number of hydrogen-bond acceptors (Lipinski definition) is 3. The molecule has 0 fully saturated rings. The molecule has 0 atom stereocenters. The summed E-state index contributed by atoms with van der Waals surface area (Å²) in [6.45, 7) is 0. The minimum Gasteiger partial charge on any atom is -0.322 e. The lowest BCUT2D eigenvalue weighted by atomic mass is 10.2. The largest absolute Gasteiger partial charge is 0.322 e. The Kier molecular flexibility index (Phi) is 4.90. The van der Waals surface area contributed by atoms with E-state index in [0.717, 1.165) is 9.83 Å². The van der Waals surface area contributed by atoms with Crippen LogP contribution in [0.2, 0.25) is 5.02 Å². The first-order valence-electron chi connectivity index (χ1n) is 5.84. The molecule has 7 heteroatoms. The maximum Gasteiger partial charge on any atom is 0.257 e. The SMILES string of the molecule is CS(=O)(=O)c1ccc(C(=O)Nc2cccc(I)c2)c(Cl)c1. The first kappa shape index (κ1) is 16.3. The highest BCUT2D eigenvalue weighted by Crippen LogP contribution is 2.22. The molecule has 0 heterocycles. The van der Waals surface area contributed by atoms with Crippen LogP contribution in [0.15, 0.2) is 47.4 Å². The van der Waals surface area contributed by atoms with Crippen molar-refractivity contribution in [1.82, 2.24) is 0 Å². The lowest BCUT2D eigenvalue weighted by molar-refractivity contribution is 0.102. The highest BCUT2D eigenvalue weighted by atomic mass is 127. The van der Waals surface area contributed by atoms with Crippen molar-refractivity contribution in [2.75, 3.05) is 11.6 Å². The molecule has 0 unspecified atom stereocenters. The van der Waals surface area contributed by atoms with Crippen molar-refractivity contribution in [3.8, 4) is 0 Å². The van der Waals surface area contributed by atoms with E-state index in [9.17, 15) is 13.2 Å². The van der Waals surface area contributed by atoms with Crippen LogP contribution < -0.4 is 5.32 Å². The summed E-state index contributed by atoms with van der Waals surface area (Å²) in [5, 5.41) is 2.82.